The van der Waals surface area contributed by atoms with Gasteiger partial charge in [0.15, 0.2) is 0 Å². The van der Waals surface area contributed by atoms with Crippen molar-refractivity contribution in [3.8, 4) is 0 Å². The molecule has 0 aliphatic carbocycles. The van der Waals surface area contributed by atoms with Crippen molar-refractivity contribution in [2.75, 3.05) is 11.9 Å². The second-order valence-corrected chi connectivity index (χ2v) is 5.01. The number of alkyl halides is 1. The molecule has 2 unspecified atom stereocenters. The lowest BCUT2D eigenvalue weighted by atomic mass is 10.0. The minimum absolute atomic E-state index is 0.216. The fourth-order valence-corrected chi connectivity index (χ4v) is 2.17. The highest BCUT2D eigenvalue weighted by atomic mass is 79.9. The first-order chi connectivity index (χ1) is 9.08. The van der Waals surface area contributed by atoms with E-state index in [1.807, 2.05) is 0 Å². The van der Waals surface area contributed by atoms with E-state index in [9.17, 15) is 15.0 Å². The van der Waals surface area contributed by atoms with Crippen LogP contribution in [-0.4, -0.2) is 34.2 Å². The molecule has 1 aromatic carbocycles. The predicted octanol–water partition coefficient (Wildman–Crippen LogP) is 1.97. The molecule has 2 atom stereocenters. The van der Waals surface area contributed by atoms with E-state index in [2.05, 4.69) is 15.9 Å². The van der Waals surface area contributed by atoms with Crippen molar-refractivity contribution in [1.29, 1.82) is 0 Å². The van der Waals surface area contributed by atoms with Gasteiger partial charge < -0.3 is 14.9 Å². The van der Waals surface area contributed by atoms with Crippen molar-refractivity contribution in [1.82, 2.24) is 0 Å². The molecule has 0 spiro atoms. The lowest BCUT2D eigenvalue weighted by Crippen LogP contribution is -2.18. The number of hydrogen-bond donors (Lipinski definition) is 2. The van der Waals surface area contributed by atoms with Crippen molar-refractivity contribution in [2.24, 2.45) is 0 Å². The number of aliphatic hydroxyl groups excluding tert-OH is 2. The van der Waals surface area contributed by atoms with Gasteiger partial charge in [-0.3, -0.25) is 4.79 Å². The monoisotopic (exact) mass is 330 g/mol. The van der Waals surface area contributed by atoms with Crippen molar-refractivity contribution in [3.63, 3.8) is 0 Å². The van der Waals surface area contributed by atoms with Crippen molar-refractivity contribution >= 4 is 21.9 Å². The highest BCUT2D eigenvalue weighted by Crippen LogP contribution is 2.20. The topological polar surface area (TPSA) is 66.8 Å². The number of carbonyl (C=O) groups excluding carboxylic acids is 1. The minimum atomic E-state index is -0.908. The van der Waals surface area contributed by atoms with Gasteiger partial charge in [-0.15, -0.1) is 0 Å². The Morgan fingerprint density at radius 1 is 1.32 bits per heavy atom. The third-order valence-corrected chi connectivity index (χ3v) is 3.20. The SMILES string of the molecule is CCOC(=O)Cc1ccc(C(O)C(O)CCBr)cc1. The molecular weight excluding hydrogens is 312 g/mol. The molecule has 0 bridgehead atoms. The Hall–Kier alpha value is -0.910. The summed E-state index contributed by atoms with van der Waals surface area (Å²) in [7, 11) is 0. The van der Waals surface area contributed by atoms with Gasteiger partial charge in [-0.2, -0.15) is 0 Å². The molecule has 2 N–H and O–H groups in total. The van der Waals surface area contributed by atoms with Gasteiger partial charge in [0.05, 0.1) is 19.1 Å². The Kier molecular flexibility index (Phi) is 7.05. The van der Waals surface area contributed by atoms with E-state index in [0.717, 1.165) is 5.56 Å². The van der Waals surface area contributed by atoms with E-state index < -0.39 is 12.2 Å². The molecule has 0 amide bonds. The minimum Gasteiger partial charge on any atom is -0.466 e. The standard InChI is InChI=1S/C14H19BrO4/c1-2-19-13(17)9-10-3-5-11(6-4-10)14(18)12(16)7-8-15/h3-6,12,14,16,18H,2,7-9H2,1H3. The average molecular weight is 331 g/mol. The summed E-state index contributed by atoms with van der Waals surface area (Å²) in [6.07, 6.45) is -1.01. The number of ether oxygens (including phenoxy) is 1. The number of rotatable bonds is 7. The van der Waals surface area contributed by atoms with Crippen LogP contribution in [0.15, 0.2) is 24.3 Å². The molecule has 4 nitrogen and oxygen atoms in total. The lowest BCUT2D eigenvalue weighted by molar-refractivity contribution is -0.142. The van der Waals surface area contributed by atoms with E-state index in [1.54, 1.807) is 31.2 Å². The third kappa shape index (κ3) is 5.30. The van der Waals surface area contributed by atoms with E-state index in [0.29, 0.717) is 23.9 Å². The van der Waals surface area contributed by atoms with Gasteiger partial charge in [-0.25, -0.2) is 0 Å². The summed E-state index contributed by atoms with van der Waals surface area (Å²) >= 11 is 3.22. The smallest absolute Gasteiger partial charge is 0.310 e. The van der Waals surface area contributed by atoms with E-state index >= 15 is 0 Å². The van der Waals surface area contributed by atoms with Crippen LogP contribution in [0.25, 0.3) is 0 Å². The lowest BCUT2D eigenvalue weighted by Gasteiger charge is -2.17. The maximum Gasteiger partial charge on any atom is 0.310 e. The Balaban J connectivity index is 2.63. The molecule has 0 aliphatic rings. The molecule has 0 radical (unpaired) electrons. The second kappa shape index (κ2) is 8.30. The van der Waals surface area contributed by atoms with Crippen LogP contribution in [-0.2, 0) is 16.0 Å². The Labute approximate surface area is 121 Å². The van der Waals surface area contributed by atoms with Crippen LogP contribution in [0.2, 0.25) is 0 Å². The zero-order chi connectivity index (χ0) is 14.3. The van der Waals surface area contributed by atoms with Gasteiger partial charge in [0.2, 0.25) is 0 Å². The fourth-order valence-electron chi connectivity index (χ4n) is 1.70. The van der Waals surface area contributed by atoms with E-state index in [-0.39, 0.29) is 12.4 Å². The van der Waals surface area contributed by atoms with Gasteiger partial charge in [0, 0.05) is 5.33 Å². The second-order valence-electron chi connectivity index (χ2n) is 4.21. The van der Waals surface area contributed by atoms with Gasteiger partial charge in [0.1, 0.15) is 6.10 Å². The van der Waals surface area contributed by atoms with Crippen LogP contribution in [0.1, 0.15) is 30.6 Å². The molecule has 0 aromatic heterocycles. The fraction of sp³-hybridized carbons (Fsp3) is 0.500. The zero-order valence-electron chi connectivity index (χ0n) is 10.9. The normalized spacial score (nSPS) is 13.9. The molecule has 0 heterocycles. The maximum atomic E-state index is 11.3. The number of aliphatic hydroxyl groups is 2. The third-order valence-electron chi connectivity index (χ3n) is 2.74. The predicted molar refractivity (Wildman–Crippen MR) is 76.2 cm³/mol. The van der Waals surface area contributed by atoms with Crippen LogP contribution in [0, 0.1) is 0 Å². The summed E-state index contributed by atoms with van der Waals surface area (Å²) in [6, 6.07) is 6.96. The zero-order valence-corrected chi connectivity index (χ0v) is 12.5. The van der Waals surface area contributed by atoms with Crippen LogP contribution in [0.5, 0.6) is 0 Å². The number of esters is 1. The summed E-state index contributed by atoms with van der Waals surface area (Å²) in [4.78, 5) is 11.3. The van der Waals surface area contributed by atoms with Gasteiger partial charge in [-0.1, -0.05) is 40.2 Å². The van der Waals surface area contributed by atoms with Gasteiger partial charge in [-0.05, 0) is 24.5 Å². The summed E-state index contributed by atoms with van der Waals surface area (Å²) in [5.74, 6) is -0.268. The summed E-state index contributed by atoms with van der Waals surface area (Å²) in [6.45, 7) is 2.14. The molecule has 0 saturated carbocycles. The summed E-state index contributed by atoms with van der Waals surface area (Å²) in [5.41, 5.74) is 1.46. The number of halogens is 1. The molecule has 1 aromatic rings. The van der Waals surface area contributed by atoms with Crippen LogP contribution in [0.4, 0.5) is 0 Å². The molecule has 1 rings (SSSR count). The van der Waals surface area contributed by atoms with Crippen LogP contribution < -0.4 is 0 Å². The molecule has 0 aliphatic heterocycles. The first kappa shape index (κ1) is 16.1. The number of hydrogen-bond acceptors (Lipinski definition) is 4. The Morgan fingerprint density at radius 2 is 1.95 bits per heavy atom. The van der Waals surface area contributed by atoms with E-state index in [1.165, 1.54) is 0 Å². The highest BCUT2D eigenvalue weighted by molar-refractivity contribution is 9.09. The molecule has 0 fully saturated rings. The molecule has 19 heavy (non-hydrogen) atoms. The van der Waals surface area contributed by atoms with Crippen molar-refractivity contribution < 1.29 is 19.7 Å². The summed E-state index contributed by atoms with van der Waals surface area (Å²) < 4.78 is 4.86. The van der Waals surface area contributed by atoms with Gasteiger partial charge >= 0.3 is 5.97 Å². The van der Waals surface area contributed by atoms with Crippen molar-refractivity contribution in [3.05, 3.63) is 35.4 Å². The van der Waals surface area contributed by atoms with Crippen molar-refractivity contribution in [2.45, 2.75) is 32.0 Å². The highest BCUT2D eigenvalue weighted by Gasteiger charge is 2.17. The maximum absolute atomic E-state index is 11.3. The average Bonchev–Trinajstić information content (AvgIpc) is 2.39. The molecular formula is C14H19BrO4. The van der Waals surface area contributed by atoms with Crippen LogP contribution >= 0.6 is 15.9 Å². The Bertz CT molecular complexity index is 391. The number of carbonyl (C=O) groups is 1. The first-order valence-electron chi connectivity index (χ1n) is 6.25. The van der Waals surface area contributed by atoms with Gasteiger partial charge in [0.25, 0.3) is 0 Å². The number of benzene rings is 1. The Morgan fingerprint density at radius 3 is 2.47 bits per heavy atom. The largest absolute Gasteiger partial charge is 0.466 e. The quantitative estimate of drug-likeness (QED) is 0.592. The van der Waals surface area contributed by atoms with Crippen LogP contribution in [0.3, 0.4) is 0 Å². The summed E-state index contributed by atoms with van der Waals surface area (Å²) in [5, 5.41) is 20.2. The molecule has 5 heteroatoms. The molecule has 106 valence electrons. The van der Waals surface area contributed by atoms with E-state index in [4.69, 9.17) is 4.74 Å². The molecule has 0 saturated heterocycles. The first-order valence-corrected chi connectivity index (χ1v) is 7.37.